The van der Waals surface area contributed by atoms with E-state index in [-0.39, 0.29) is 5.78 Å². The van der Waals surface area contributed by atoms with Gasteiger partial charge in [-0.3, -0.25) is 4.79 Å². The summed E-state index contributed by atoms with van der Waals surface area (Å²) in [4.78, 5) is 13.7. The normalized spacial score (nSPS) is 34.4. The van der Waals surface area contributed by atoms with Crippen LogP contribution in [0.3, 0.4) is 0 Å². The summed E-state index contributed by atoms with van der Waals surface area (Å²) < 4.78 is 5.68. The van der Waals surface area contributed by atoms with Gasteiger partial charge in [0.1, 0.15) is 0 Å². The minimum Gasteiger partial charge on any atom is -0.390 e. The summed E-state index contributed by atoms with van der Waals surface area (Å²) in [6.07, 6.45) is 1.23. The van der Waals surface area contributed by atoms with Crippen LogP contribution in [0, 0.1) is 5.92 Å². The fraction of sp³-hybridized carbons (Fsp3) is 0.625. The molecule has 0 aromatic heterocycles. The number of aliphatic hydroxyl groups excluding tert-OH is 2. The molecule has 1 aliphatic heterocycles. The van der Waals surface area contributed by atoms with E-state index in [0.717, 1.165) is 11.3 Å². The third-order valence-corrected chi connectivity index (χ3v) is 7.08. The highest BCUT2D eigenvalue weighted by Crippen LogP contribution is 2.53. The fourth-order valence-corrected chi connectivity index (χ4v) is 5.42. The Morgan fingerprint density at radius 1 is 1.30 bits per heavy atom. The van der Waals surface area contributed by atoms with Crippen LogP contribution < -0.4 is 4.90 Å². The minimum atomic E-state index is -1.10. The third kappa shape index (κ3) is 3.82. The number of hydrogen-bond donors (Lipinski definition) is 3. The van der Waals surface area contributed by atoms with Crippen LogP contribution in [0.5, 0.6) is 0 Å². The Labute approximate surface area is 179 Å². The number of aliphatic hydroxyl groups is 3. The highest BCUT2D eigenvalue weighted by atomic mass is 16.5. The summed E-state index contributed by atoms with van der Waals surface area (Å²) in [7, 11) is 1.55. The molecule has 0 amide bonds. The molecule has 1 saturated heterocycles. The number of methoxy groups -OCH3 is 1. The number of rotatable bonds is 6. The molecule has 1 aromatic rings. The Balaban J connectivity index is 2.10. The maximum absolute atomic E-state index is 11.7. The molecule has 0 radical (unpaired) electrons. The predicted molar refractivity (Wildman–Crippen MR) is 117 cm³/mol. The minimum absolute atomic E-state index is 0.0100. The Kier molecular flexibility index (Phi) is 6.44. The maximum Gasteiger partial charge on any atom is 0.159 e. The van der Waals surface area contributed by atoms with Crippen LogP contribution in [0.25, 0.3) is 0 Å². The van der Waals surface area contributed by atoms with Crippen molar-refractivity contribution in [2.24, 2.45) is 5.92 Å². The van der Waals surface area contributed by atoms with E-state index < -0.39 is 35.4 Å². The lowest BCUT2D eigenvalue weighted by Gasteiger charge is -2.50. The number of ether oxygens (including phenoxy) is 1. The van der Waals surface area contributed by atoms with Gasteiger partial charge in [0.25, 0.3) is 0 Å². The number of carbonyl (C=O) groups excluding carboxylic acids is 1. The Bertz CT molecular complexity index is 802. The van der Waals surface area contributed by atoms with E-state index in [0.29, 0.717) is 31.4 Å². The summed E-state index contributed by atoms with van der Waals surface area (Å²) in [5, 5.41) is 33.7. The first-order chi connectivity index (χ1) is 14.0. The molecule has 0 bridgehead atoms. The van der Waals surface area contributed by atoms with Gasteiger partial charge in [-0.15, -0.1) is 0 Å². The van der Waals surface area contributed by atoms with Gasteiger partial charge in [0.2, 0.25) is 0 Å². The number of nitrogens with zero attached hydrogens (tertiary/aromatic N) is 1. The molecule has 166 valence electrons. The van der Waals surface area contributed by atoms with E-state index in [1.807, 2.05) is 43.9 Å². The van der Waals surface area contributed by atoms with Gasteiger partial charge in [0.05, 0.1) is 29.5 Å². The van der Waals surface area contributed by atoms with E-state index in [2.05, 4.69) is 0 Å². The number of anilines is 1. The average molecular weight is 418 g/mol. The molecule has 0 unspecified atom stereocenters. The van der Waals surface area contributed by atoms with Crippen LogP contribution in [-0.2, 0) is 4.74 Å². The number of Topliss-reactive ketones (excluding diaryl/α,β-unsaturated/α-hetero) is 1. The fourth-order valence-electron chi connectivity index (χ4n) is 5.42. The predicted octanol–water partition coefficient (Wildman–Crippen LogP) is 2.70. The summed E-state index contributed by atoms with van der Waals surface area (Å²) in [6, 6.07) is 7.27. The summed E-state index contributed by atoms with van der Waals surface area (Å²) in [5.41, 5.74) is 0.576. The molecule has 3 N–H and O–H groups in total. The molecule has 2 fully saturated rings. The van der Waals surface area contributed by atoms with E-state index in [9.17, 15) is 20.1 Å². The molecular weight excluding hydrogens is 382 g/mol. The van der Waals surface area contributed by atoms with Crippen molar-refractivity contribution in [1.29, 1.82) is 0 Å². The zero-order valence-electron chi connectivity index (χ0n) is 18.6. The SMILES string of the molecule is CO[C@@H]1[C@H](O)CC[C@]2(O)CN(c3ccc(C(C)=O)cc3)[C@](C)([C@H](O)CC=C(C)C)[C@@H]12. The molecule has 0 spiro atoms. The van der Waals surface area contributed by atoms with Crippen molar-refractivity contribution in [1.82, 2.24) is 0 Å². The van der Waals surface area contributed by atoms with Crippen LogP contribution in [0.15, 0.2) is 35.9 Å². The van der Waals surface area contributed by atoms with Crippen molar-refractivity contribution in [3.8, 4) is 0 Å². The van der Waals surface area contributed by atoms with E-state index in [1.54, 1.807) is 19.2 Å². The molecule has 3 rings (SSSR count). The highest BCUT2D eigenvalue weighted by molar-refractivity contribution is 5.94. The van der Waals surface area contributed by atoms with Crippen LogP contribution in [0.4, 0.5) is 5.69 Å². The average Bonchev–Trinajstić information content (AvgIpc) is 2.95. The van der Waals surface area contributed by atoms with E-state index in [4.69, 9.17) is 4.74 Å². The highest BCUT2D eigenvalue weighted by Gasteiger charge is 2.66. The number of carbonyl (C=O) groups is 1. The van der Waals surface area contributed by atoms with Crippen LogP contribution in [0.1, 0.15) is 57.3 Å². The van der Waals surface area contributed by atoms with Gasteiger partial charge in [-0.2, -0.15) is 0 Å². The molecule has 6 heteroatoms. The zero-order chi connectivity index (χ0) is 22.3. The summed E-state index contributed by atoms with van der Waals surface area (Å²) >= 11 is 0. The topological polar surface area (TPSA) is 90.2 Å². The van der Waals surface area contributed by atoms with Crippen molar-refractivity contribution in [3.63, 3.8) is 0 Å². The van der Waals surface area contributed by atoms with Gasteiger partial charge < -0.3 is 25.0 Å². The Morgan fingerprint density at radius 2 is 1.93 bits per heavy atom. The van der Waals surface area contributed by atoms with Gasteiger partial charge >= 0.3 is 0 Å². The van der Waals surface area contributed by atoms with Crippen LogP contribution >= 0.6 is 0 Å². The molecule has 30 heavy (non-hydrogen) atoms. The Hall–Kier alpha value is -1.73. The number of ketones is 1. The van der Waals surface area contributed by atoms with Gasteiger partial charge in [0.15, 0.2) is 5.78 Å². The van der Waals surface area contributed by atoms with Crippen molar-refractivity contribution in [2.45, 2.75) is 76.4 Å². The standard InChI is InChI=1S/C24H35NO5/c1-15(2)6-11-20(28)23(4)22-21(30-5)19(27)12-13-24(22,29)14-25(23)18-9-7-17(8-10-18)16(3)26/h6-10,19-22,27-29H,11-14H2,1-5H3/t19-,20-,21-,22-,23-,24+/m1/s1. The summed E-state index contributed by atoms with van der Waals surface area (Å²) in [5.74, 6) is -0.490. The number of β-amino-alcohol motifs (C(OH)–C–C–N with tert-alkyl or cyclic N) is 1. The lowest BCUT2D eigenvalue weighted by Crippen LogP contribution is -2.63. The number of fused-ring (bicyclic) bond motifs is 1. The molecule has 2 aliphatic rings. The first kappa shape index (κ1) is 22.9. The number of benzene rings is 1. The van der Waals surface area contributed by atoms with Crippen molar-refractivity contribution in [3.05, 3.63) is 41.5 Å². The molecule has 6 atom stereocenters. The van der Waals surface area contributed by atoms with Crippen LogP contribution in [0.2, 0.25) is 0 Å². The first-order valence-electron chi connectivity index (χ1n) is 10.7. The van der Waals surface area contributed by atoms with Crippen molar-refractivity contribution >= 4 is 11.5 Å². The maximum atomic E-state index is 11.7. The molecule has 6 nitrogen and oxygen atoms in total. The number of hydrogen-bond acceptors (Lipinski definition) is 6. The zero-order valence-corrected chi connectivity index (χ0v) is 18.6. The first-order valence-corrected chi connectivity index (χ1v) is 10.7. The lowest BCUT2D eigenvalue weighted by molar-refractivity contribution is -0.164. The molecule has 1 saturated carbocycles. The summed E-state index contributed by atoms with van der Waals surface area (Å²) in [6.45, 7) is 7.77. The molecule has 1 aliphatic carbocycles. The molecule has 1 aromatic carbocycles. The monoisotopic (exact) mass is 417 g/mol. The van der Waals surface area contributed by atoms with E-state index >= 15 is 0 Å². The lowest BCUT2D eigenvalue weighted by atomic mass is 9.65. The Morgan fingerprint density at radius 3 is 2.47 bits per heavy atom. The van der Waals surface area contributed by atoms with Crippen LogP contribution in [-0.4, -0.2) is 64.2 Å². The number of allylic oxidation sites excluding steroid dienone is 1. The third-order valence-electron chi connectivity index (χ3n) is 7.08. The van der Waals surface area contributed by atoms with Gasteiger partial charge in [0, 0.05) is 30.8 Å². The second-order valence-corrected chi connectivity index (χ2v) is 9.34. The smallest absolute Gasteiger partial charge is 0.159 e. The second kappa shape index (κ2) is 8.42. The molecular formula is C24H35NO5. The van der Waals surface area contributed by atoms with Gasteiger partial charge in [-0.05, 0) is 71.2 Å². The quantitative estimate of drug-likeness (QED) is 0.487. The van der Waals surface area contributed by atoms with Crippen molar-refractivity contribution in [2.75, 3.05) is 18.6 Å². The second-order valence-electron chi connectivity index (χ2n) is 9.34. The van der Waals surface area contributed by atoms with Gasteiger partial charge in [-0.25, -0.2) is 0 Å². The van der Waals surface area contributed by atoms with Crippen molar-refractivity contribution < 1.29 is 24.9 Å². The van der Waals surface area contributed by atoms with Gasteiger partial charge in [-0.1, -0.05) is 11.6 Å². The molecule has 1 heterocycles. The van der Waals surface area contributed by atoms with E-state index in [1.165, 1.54) is 6.92 Å². The largest absolute Gasteiger partial charge is 0.390 e.